The molecule has 0 spiro atoms. The lowest BCUT2D eigenvalue weighted by Crippen LogP contribution is -2.42. The monoisotopic (exact) mass is 260 g/mol. The molecule has 1 fully saturated rings. The molecule has 1 rings (SSSR count). The Hall–Kier alpha value is -0.790. The molecule has 1 saturated heterocycles. The van der Waals surface area contributed by atoms with E-state index in [1.165, 1.54) is 0 Å². The summed E-state index contributed by atoms with van der Waals surface area (Å²) in [6, 6.07) is 0. The van der Waals surface area contributed by atoms with Crippen LogP contribution in [0.5, 0.6) is 0 Å². The minimum atomic E-state index is -4.60. The Kier molecular flexibility index (Phi) is 3.24. The SMILES string of the molecule is O=C(O)C1(CC(F)(F)F)CCS(=O)(=O)CC1. The summed E-state index contributed by atoms with van der Waals surface area (Å²) in [7, 11) is -3.37. The summed E-state index contributed by atoms with van der Waals surface area (Å²) in [5.74, 6) is -2.55. The number of carbonyl (C=O) groups is 1. The van der Waals surface area contributed by atoms with Gasteiger partial charge in [-0.25, -0.2) is 8.42 Å². The second kappa shape index (κ2) is 3.90. The van der Waals surface area contributed by atoms with Crippen molar-refractivity contribution in [3.63, 3.8) is 0 Å². The van der Waals surface area contributed by atoms with E-state index in [0.29, 0.717) is 0 Å². The van der Waals surface area contributed by atoms with E-state index in [1.54, 1.807) is 0 Å². The van der Waals surface area contributed by atoms with Crippen LogP contribution < -0.4 is 0 Å². The Morgan fingerprint density at radius 1 is 1.25 bits per heavy atom. The van der Waals surface area contributed by atoms with E-state index in [0.717, 1.165) is 0 Å². The average molecular weight is 260 g/mol. The molecule has 0 saturated carbocycles. The van der Waals surface area contributed by atoms with Crippen molar-refractivity contribution in [1.29, 1.82) is 0 Å². The van der Waals surface area contributed by atoms with Crippen LogP contribution in [0, 0.1) is 5.41 Å². The largest absolute Gasteiger partial charge is 0.481 e. The van der Waals surface area contributed by atoms with Crippen molar-refractivity contribution in [2.24, 2.45) is 5.41 Å². The van der Waals surface area contributed by atoms with Crippen molar-refractivity contribution < 1.29 is 31.5 Å². The van der Waals surface area contributed by atoms with Gasteiger partial charge in [0.05, 0.1) is 23.3 Å². The van der Waals surface area contributed by atoms with Crippen molar-refractivity contribution in [1.82, 2.24) is 0 Å². The Morgan fingerprint density at radius 2 is 1.69 bits per heavy atom. The zero-order chi connectivity index (χ0) is 12.6. The first-order chi connectivity index (χ1) is 7.06. The number of hydrogen-bond acceptors (Lipinski definition) is 3. The average Bonchev–Trinajstić information content (AvgIpc) is 2.06. The molecule has 0 aromatic carbocycles. The Labute approximate surface area is 90.4 Å². The molecule has 0 aromatic rings. The lowest BCUT2D eigenvalue weighted by Gasteiger charge is -2.33. The third-order valence-electron chi connectivity index (χ3n) is 2.78. The minimum absolute atomic E-state index is 0.468. The summed E-state index contributed by atoms with van der Waals surface area (Å²) in [4.78, 5) is 10.9. The molecular weight excluding hydrogens is 249 g/mol. The molecule has 0 radical (unpaired) electrons. The summed E-state index contributed by atoms with van der Waals surface area (Å²) >= 11 is 0. The van der Waals surface area contributed by atoms with Gasteiger partial charge in [0.2, 0.25) is 0 Å². The van der Waals surface area contributed by atoms with Crippen LogP contribution >= 0.6 is 0 Å². The summed E-state index contributed by atoms with van der Waals surface area (Å²) in [6.07, 6.45) is -7.00. The second-order valence-corrected chi connectivity index (χ2v) is 6.33. The highest BCUT2D eigenvalue weighted by Gasteiger charge is 2.50. The molecule has 0 unspecified atom stereocenters. The number of halogens is 3. The Morgan fingerprint density at radius 3 is 2.00 bits per heavy atom. The van der Waals surface area contributed by atoms with Gasteiger partial charge in [-0.3, -0.25) is 4.79 Å². The number of rotatable bonds is 2. The molecule has 8 heteroatoms. The Bertz CT molecular complexity index is 371. The molecule has 94 valence electrons. The maximum atomic E-state index is 12.2. The number of hydrogen-bond donors (Lipinski definition) is 1. The van der Waals surface area contributed by atoms with E-state index in [2.05, 4.69) is 0 Å². The van der Waals surface area contributed by atoms with Gasteiger partial charge in [-0.05, 0) is 12.8 Å². The van der Waals surface area contributed by atoms with E-state index in [4.69, 9.17) is 5.11 Å². The van der Waals surface area contributed by atoms with Gasteiger partial charge in [-0.2, -0.15) is 13.2 Å². The topological polar surface area (TPSA) is 71.4 Å². The lowest BCUT2D eigenvalue weighted by molar-refractivity contribution is -0.180. The van der Waals surface area contributed by atoms with E-state index in [1.807, 2.05) is 0 Å². The smallest absolute Gasteiger partial charge is 0.390 e. The zero-order valence-corrected chi connectivity index (χ0v) is 9.07. The number of sulfone groups is 1. The molecule has 0 atom stereocenters. The fourth-order valence-electron chi connectivity index (χ4n) is 1.78. The van der Waals surface area contributed by atoms with E-state index in [-0.39, 0.29) is 0 Å². The third-order valence-corrected chi connectivity index (χ3v) is 4.43. The van der Waals surface area contributed by atoms with E-state index in [9.17, 15) is 26.4 Å². The van der Waals surface area contributed by atoms with Crippen molar-refractivity contribution in [2.75, 3.05) is 11.5 Å². The molecule has 1 N–H and O–H groups in total. The van der Waals surface area contributed by atoms with Gasteiger partial charge in [-0.15, -0.1) is 0 Å². The van der Waals surface area contributed by atoms with E-state index >= 15 is 0 Å². The maximum absolute atomic E-state index is 12.2. The van der Waals surface area contributed by atoms with Gasteiger partial charge in [0.15, 0.2) is 0 Å². The van der Waals surface area contributed by atoms with E-state index < -0.39 is 58.2 Å². The summed E-state index contributed by atoms with van der Waals surface area (Å²) in [5.41, 5.74) is -1.97. The number of alkyl halides is 3. The molecule has 0 aromatic heterocycles. The van der Waals surface area contributed by atoms with Crippen LogP contribution in [0.2, 0.25) is 0 Å². The summed E-state index contributed by atoms with van der Waals surface area (Å²) in [5, 5.41) is 8.83. The molecule has 1 aliphatic rings. The van der Waals surface area contributed by atoms with Gasteiger partial charge in [0.25, 0.3) is 0 Å². The molecule has 1 aliphatic heterocycles. The van der Waals surface area contributed by atoms with Gasteiger partial charge in [-0.1, -0.05) is 0 Å². The van der Waals surface area contributed by atoms with Gasteiger partial charge in [0.1, 0.15) is 9.84 Å². The lowest BCUT2D eigenvalue weighted by atomic mass is 9.78. The first-order valence-electron chi connectivity index (χ1n) is 4.57. The highest BCUT2D eigenvalue weighted by atomic mass is 32.2. The predicted molar refractivity (Wildman–Crippen MR) is 48.6 cm³/mol. The summed E-state index contributed by atoms with van der Waals surface area (Å²) in [6.45, 7) is 0. The Balaban J connectivity index is 2.89. The zero-order valence-electron chi connectivity index (χ0n) is 8.25. The van der Waals surface area contributed by atoms with Crippen LogP contribution in [0.3, 0.4) is 0 Å². The molecule has 0 aliphatic carbocycles. The molecule has 4 nitrogen and oxygen atoms in total. The van der Waals surface area contributed by atoms with Crippen LogP contribution in [-0.2, 0) is 14.6 Å². The quantitative estimate of drug-likeness (QED) is 0.810. The maximum Gasteiger partial charge on any atom is 0.390 e. The van der Waals surface area contributed by atoms with Crippen molar-refractivity contribution in [3.05, 3.63) is 0 Å². The van der Waals surface area contributed by atoms with Crippen LogP contribution in [-0.4, -0.2) is 37.2 Å². The number of aliphatic carboxylic acids is 1. The van der Waals surface area contributed by atoms with Crippen molar-refractivity contribution in [2.45, 2.75) is 25.4 Å². The fourth-order valence-corrected chi connectivity index (χ4v) is 3.39. The van der Waals surface area contributed by atoms with Gasteiger partial charge in [0, 0.05) is 0 Å². The van der Waals surface area contributed by atoms with Crippen LogP contribution in [0.4, 0.5) is 13.2 Å². The number of carboxylic acids is 1. The second-order valence-electron chi connectivity index (χ2n) is 4.03. The van der Waals surface area contributed by atoms with Gasteiger partial charge >= 0.3 is 12.1 Å². The van der Waals surface area contributed by atoms with Gasteiger partial charge < -0.3 is 5.11 Å². The fraction of sp³-hybridized carbons (Fsp3) is 0.875. The first kappa shape index (κ1) is 13.3. The highest BCUT2D eigenvalue weighted by Crippen LogP contribution is 2.42. The third kappa shape index (κ3) is 3.10. The normalized spacial score (nSPS) is 23.9. The van der Waals surface area contributed by atoms with Crippen LogP contribution in [0.15, 0.2) is 0 Å². The minimum Gasteiger partial charge on any atom is -0.481 e. The number of carboxylic acid groups (broad SMARTS) is 1. The van der Waals surface area contributed by atoms with Crippen LogP contribution in [0.1, 0.15) is 19.3 Å². The molecule has 16 heavy (non-hydrogen) atoms. The predicted octanol–water partition coefficient (Wildman–Crippen LogP) is 1.22. The molecule has 1 heterocycles. The molecule has 0 bridgehead atoms. The molecule has 0 amide bonds. The standard InChI is InChI=1S/C8H11F3O4S/c9-8(10,11)5-7(6(12)13)1-3-16(14,15)4-2-7/h1-5H2,(H,12,13). The highest BCUT2D eigenvalue weighted by molar-refractivity contribution is 7.91. The summed E-state index contributed by atoms with van der Waals surface area (Å²) < 4.78 is 58.8. The van der Waals surface area contributed by atoms with Crippen molar-refractivity contribution in [3.8, 4) is 0 Å². The van der Waals surface area contributed by atoms with Crippen LogP contribution in [0.25, 0.3) is 0 Å². The molecular formula is C8H11F3O4S. The first-order valence-corrected chi connectivity index (χ1v) is 6.39. The van der Waals surface area contributed by atoms with Crippen molar-refractivity contribution >= 4 is 15.8 Å².